The molecule has 0 aliphatic carbocycles. The van der Waals surface area contributed by atoms with E-state index < -0.39 is 0 Å². The van der Waals surface area contributed by atoms with Gasteiger partial charge in [-0.2, -0.15) is 0 Å². The maximum Gasteiger partial charge on any atom is 0.252 e. The van der Waals surface area contributed by atoms with Gasteiger partial charge in [-0.15, -0.1) is 0 Å². The summed E-state index contributed by atoms with van der Waals surface area (Å²) in [5.74, 6) is 0.0575. The van der Waals surface area contributed by atoms with Crippen molar-refractivity contribution < 1.29 is 9.59 Å². The number of nitrogens with one attached hydrogen (secondary N) is 2. The SMILES string of the molecule is O=C(NCC1CCCNC1)c1ccccc1C(=O)c1ccc(Cl)cc1. The first-order chi connectivity index (χ1) is 12.1. The number of piperidine rings is 1. The highest BCUT2D eigenvalue weighted by Gasteiger charge is 2.19. The molecule has 1 aliphatic heterocycles. The van der Waals surface area contributed by atoms with E-state index in [4.69, 9.17) is 11.6 Å². The molecular weight excluding hydrogens is 336 g/mol. The number of hydrogen-bond donors (Lipinski definition) is 2. The van der Waals surface area contributed by atoms with E-state index >= 15 is 0 Å². The third kappa shape index (κ3) is 4.47. The van der Waals surface area contributed by atoms with Gasteiger partial charge in [0.15, 0.2) is 5.78 Å². The molecule has 130 valence electrons. The van der Waals surface area contributed by atoms with Gasteiger partial charge in [0.25, 0.3) is 5.91 Å². The summed E-state index contributed by atoms with van der Waals surface area (Å²) in [4.78, 5) is 25.3. The van der Waals surface area contributed by atoms with Crippen LogP contribution in [0.3, 0.4) is 0 Å². The Hall–Kier alpha value is -2.17. The summed E-state index contributed by atoms with van der Waals surface area (Å²) in [7, 11) is 0. The normalized spacial score (nSPS) is 17.1. The Bertz CT molecular complexity index is 753. The van der Waals surface area contributed by atoms with Crippen molar-refractivity contribution in [3.8, 4) is 0 Å². The predicted molar refractivity (Wildman–Crippen MR) is 99.3 cm³/mol. The summed E-state index contributed by atoms with van der Waals surface area (Å²) in [5.41, 5.74) is 1.33. The first-order valence-corrected chi connectivity index (χ1v) is 8.91. The van der Waals surface area contributed by atoms with Crippen LogP contribution < -0.4 is 10.6 Å². The van der Waals surface area contributed by atoms with Crippen molar-refractivity contribution in [3.05, 3.63) is 70.2 Å². The average Bonchev–Trinajstić information content (AvgIpc) is 2.67. The molecule has 25 heavy (non-hydrogen) atoms. The standard InChI is InChI=1S/C20H21ClN2O2/c21-16-9-7-15(8-10-16)19(24)17-5-1-2-6-18(17)20(25)23-13-14-4-3-11-22-12-14/h1-2,5-10,14,22H,3-4,11-13H2,(H,23,25). The van der Waals surface area contributed by atoms with Gasteiger partial charge >= 0.3 is 0 Å². The van der Waals surface area contributed by atoms with E-state index in [0.29, 0.717) is 34.2 Å². The van der Waals surface area contributed by atoms with Crippen LogP contribution in [0.5, 0.6) is 0 Å². The quantitative estimate of drug-likeness (QED) is 0.808. The maximum absolute atomic E-state index is 12.8. The lowest BCUT2D eigenvalue weighted by Gasteiger charge is -2.23. The molecule has 0 spiro atoms. The second-order valence-electron chi connectivity index (χ2n) is 6.30. The number of hydrogen-bond acceptors (Lipinski definition) is 3. The molecule has 1 fully saturated rings. The van der Waals surface area contributed by atoms with Gasteiger partial charge in [0.05, 0.1) is 5.56 Å². The van der Waals surface area contributed by atoms with Crippen LogP contribution in [-0.4, -0.2) is 31.3 Å². The minimum absolute atomic E-state index is 0.179. The van der Waals surface area contributed by atoms with E-state index in [1.54, 1.807) is 48.5 Å². The van der Waals surface area contributed by atoms with Gasteiger partial charge in [-0.25, -0.2) is 0 Å². The highest BCUT2D eigenvalue weighted by Crippen LogP contribution is 2.17. The first kappa shape index (κ1) is 17.6. The summed E-state index contributed by atoms with van der Waals surface area (Å²) in [6.07, 6.45) is 2.24. The maximum atomic E-state index is 12.8. The van der Waals surface area contributed by atoms with Crippen LogP contribution in [-0.2, 0) is 0 Å². The Kier molecular flexibility index (Phi) is 5.84. The van der Waals surface area contributed by atoms with Crippen molar-refractivity contribution in [2.75, 3.05) is 19.6 Å². The van der Waals surface area contributed by atoms with E-state index in [1.165, 1.54) is 0 Å². The number of carbonyl (C=O) groups is 2. The summed E-state index contributed by atoms with van der Waals surface area (Å²) in [5, 5.41) is 6.88. The van der Waals surface area contributed by atoms with Crippen molar-refractivity contribution in [1.82, 2.24) is 10.6 Å². The summed E-state index contributed by atoms with van der Waals surface area (Å²) >= 11 is 5.88. The fourth-order valence-corrected chi connectivity index (χ4v) is 3.19. The molecule has 0 aromatic heterocycles. The van der Waals surface area contributed by atoms with Crippen LogP contribution in [0.1, 0.15) is 39.1 Å². The van der Waals surface area contributed by atoms with Crippen molar-refractivity contribution in [2.24, 2.45) is 5.92 Å². The number of ketones is 1. The third-order valence-electron chi connectivity index (χ3n) is 4.47. The highest BCUT2D eigenvalue weighted by molar-refractivity contribution is 6.30. The van der Waals surface area contributed by atoms with Crippen LogP contribution in [0.15, 0.2) is 48.5 Å². The zero-order valence-corrected chi connectivity index (χ0v) is 14.7. The van der Waals surface area contributed by atoms with Gasteiger partial charge in [-0.05, 0) is 62.2 Å². The van der Waals surface area contributed by atoms with Gasteiger partial charge in [0.2, 0.25) is 0 Å². The molecule has 0 bridgehead atoms. The molecule has 2 N–H and O–H groups in total. The van der Waals surface area contributed by atoms with E-state index in [-0.39, 0.29) is 11.7 Å². The van der Waals surface area contributed by atoms with Crippen LogP contribution >= 0.6 is 11.6 Å². The van der Waals surface area contributed by atoms with Gasteiger partial charge < -0.3 is 10.6 Å². The van der Waals surface area contributed by atoms with Crippen LogP contribution in [0.2, 0.25) is 5.02 Å². The Morgan fingerprint density at radius 2 is 1.80 bits per heavy atom. The first-order valence-electron chi connectivity index (χ1n) is 8.53. The Balaban J connectivity index is 1.74. The highest BCUT2D eigenvalue weighted by atomic mass is 35.5. The molecule has 1 heterocycles. The molecule has 2 aromatic carbocycles. The summed E-state index contributed by atoms with van der Waals surface area (Å²) < 4.78 is 0. The molecule has 3 rings (SSSR count). The second-order valence-corrected chi connectivity index (χ2v) is 6.74. The van der Waals surface area contributed by atoms with Crippen LogP contribution in [0, 0.1) is 5.92 Å². The molecule has 2 aromatic rings. The minimum Gasteiger partial charge on any atom is -0.352 e. The lowest BCUT2D eigenvalue weighted by atomic mass is 9.97. The molecule has 4 nitrogen and oxygen atoms in total. The average molecular weight is 357 g/mol. The third-order valence-corrected chi connectivity index (χ3v) is 4.72. The van der Waals surface area contributed by atoms with E-state index in [2.05, 4.69) is 10.6 Å². The van der Waals surface area contributed by atoms with Crippen LogP contribution in [0.25, 0.3) is 0 Å². The molecule has 1 unspecified atom stereocenters. The van der Waals surface area contributed by atoms with Crippen LogP contribution in [0.4, 0.5) is 0 Å². The lowest BCUT2D eigenvalue weighted by molar-refractivity contribution is 0.0934. The molecule has 1 atom stereocenters. The number of halogens is 1. The molecule has 0 saturated carbocycles. The zero-order valence-electron chi connectivity index (χ0n) is 13.9. The van der Waals surface area contributed by atoms with Crippen molar-refractivity contribution >= 4 is 23.3 Å². The molecular formula is C20H21ClN2O2. The zero-order chi connectivity index (χ0) is 17.6. The number of carbonyl (C=O) groups excluding carboxylic acids is 2. The monoisotopic (exact) mass is 356 g/mol. The molecule has 1 amide bonds. The summed E-state index contributed by atoms with van der Waals surface area (Å²) in [6.45, 7) is 2.59. The fourth-order valence-electron chi connectivity index (χ4n) is 3.07. The van der Waals surface area contributed by atoms with Crippen molar-refractivity contribution in [3.63, 3.8) is 0 Å². The number of benzene rings is 2. The Morgan fingerprint density at radius 1 is 1.08 bits per heavy atom. The lowest BCUT2D eigenvalue weighted by Crippen LogP contribution is -2.38. The van der Waals surface area contributed by atoms with Gasteiger partial charge in [0.1, 0.15) is 0 Å². The minimum atomic E-state index is -0.205. The molecule has 0 radical (unpaired) electrons. The molecule has 5 heteroatoms. The smallest absolute Gasteiger partial charge is 0.252 e. The van der Waals surface area contributed by atoms with E-state index in [9.17, 15) is 9.59 Å². The topological polar surface area (TPSA) is 58.2 Å². The number of rotatable bonds is 5. The molecule has 1 aliphatic rings. The van der Waals surface area contributed by atoms with Crippen molar-refractivity contribution in [2.45, 2.75) is 12.8 Å². The largest absolute Gasteiger partial charge is 0.352 e. The van der Waals surface area contributed by atoms with Crippen molar-refractivity contribution in [1.29, 1.82) is 0 Å². The number of amides is 1. The second kappa shape index (κ2) is 8.28. The Labute approximate surface area is 152 Å². The van der Waals surface area contributed by atoms with Gasteiger partial charge in [-0.1, -0.05) is 29.8 Å². The predicted octanol–water partition coefficient (Wildman–Crippen LogP) is 3.30. The molecule has 1 saturated heterocycles. The van der Waals surface area contributed by atoms with E-state index in [1.807, 2.05) is 0 Å². The van der Waals surface area contributed by atoms with Gasteiger partial charge in [-0.3, -0.25) is 9.59 Å². The Morgan fingerprint density at radius 3 is 2.48 bits per heavy atom. The fraction of sp³-hybridized carbons (Fsp3) is 0.300. The van der Waals surface area contributed by atoms with E-state index in [0.717, 1.165) is 25.9 Å². The van der Waals surface area contributed by atoms with Gasteiger partial charge in [0, 0.05) is 22.7 Å². The summed E-state index contributed by atoms with van der Waals surface area (Å²) in [6, 6.07) is 13.6.